The van der Waals surface area contributed by atoms with E-state index in [0.29, 0.717) is 6.20 Å². The Bertz CT molecular complexity index is 971. The summed E-state index contributed by atoms with van der Waals surface area (Å²) in [6.07, 6.45) is -0.724. The van der Waals surface area contributed by atoms with Gasteiger partial charge in [-0.3, -0.25) is 9.78 Å². The third kappa shape index (κ3) is 2.88. The van der Waals surface area contributed by atoms with Crippen LogP contribution >= 0.6 is 0 Å². The van der Waals surface area contributed by atoms with E-state index >= 15 is 0 Å². The molecule has 0 saturated heterocycles. The van der Waals surface area contributed by atoms with Gasteiger partial charge in [-0.25, -0.2) is 9.48 Å². The summed E-state index contributed by atoms with van der Waals surface area (Å²) >= 11 is 0. The molecular formula is C12H7F3N6O2. The minimum atomic E-state index is -4.52. The summed E-state index contributed by atoms with van der Waals surface area (Å²) in [7, 11) is 0. The first-order valence-electron chi connectivity index (χ1n) is 6.12. The first-order chi connectivity index (χ1) is 10.8. The van der Waals surface area contributed by atoms with Crippen LogP contribution in [-0.2, 0) is 6.18 Å². The fraction of sp³-hybridized carbons (Fsp3) is 0.0833. The molecule has 23 heavy (non-hydrogen) atoms. The van der Waals surface area contributed by atoms with Crippen LogP contribution in [-0.4, -0.2) is 29.9 Å². The van der Waals surface area contributed by atoms with Crippen molar-refractivity contribution in [1.82, 2.24) is 29.9 Å². The standard InChI is InChI=1S/C12H7F3N6O2/c13-12(14,15)6-2-18-21(5-6)7-1-9(20-17-3-7)8-4-16-11(23)19-10(8)22/h1-5H,(H2,16,19,22,23). The molecule has 118 valence electrons. The molecule has 0 unspecified atom stereocenters. The van der Waals surface area contributed by atoms with E-state index in [2.05, 4.69) is 20.3 Å². The minimum Gasteiger partial charge on any atom is -0.313 e. The Balaban J connectivity index is 2.05. The van der Waals surface area contributed by atoms with Gasteiger partial charge in [0.2, 0.25) is 0 Å². The van der Waals surface area contributed by atoms with E-state index in [0.717, 1.165) is 17.1 Å². The summed E-state index contributed by atoms with van der Waals surface area (Å²) in [4.78, 5) is 27.0. The van der Waals surface area contributed by atoms with Crippen LogP contribution in [0.5, 0.6) is 0 Å². The maximum absolute atomic E-state index is 12.6. The SMILES string of the molecule is O=c1[nH]cc(-c2cc(-n3cc(C(F)(F)F)cn3)cnn2)c(=O)[nH]1. The first-order valence-corrected chi connectivity index (χ1v) is 6.12. The van der Waals surface area contributed by atoms with Crippen molar-refractivity contribution in [2.24, 2.45) is 0 Å². The lowest BCUT2D eigenvalue weighted by atomic mass is 10.2. The van der Waals surface area contributed by atoms with E-state index in [1.54, 1.807) is 0 Å². The van der Waals surface area contributed by atoms with Gasteiger partial charge in [0.15, 0.2) is 0 Å². The predicted molar refractivity (Wildman–Crippen MR) is 70.8 cm³/mol. The molecule has 3 rings (SSSR count). The van der Waals surface area contributed by atoms with Crippen molar-refractivity contribution in [2.75, 3.05) is 0 Å². The van der Waals surface area contributed by atoms with E-state index in [9.17, 15) is 22.8 Å². The zero-order valence-electron chi connectivity index (χ0n) is 11.1. The number of rotatable bonds is 2. The molecule has 0 atom stereocenters. The van der Waals surface area contributed by atoms with Crippen molar-refractivity contribution < 1.29 is 13.2 Å². The molecule has 0 aliphatic heterocycles. The van der Waals surface area contributed by atoms with Crippen LogP contribution in [0.1, 0.15) is 5.56 Å². The van der Waals surface area contributed by atoms with Gasteiger partial charge in [-0.1, -0.05) is 0 Å². The summed E-state index contributed by atoms with van der Waals surface area (Å²) < 4.78 is 38.7. The van der Waals surface area contributed by atoms with Crippen LogP contribution in [0.3, 0.4) is 0 Å². The molecule has 0 spiro atoms. The lowest BCUT2D eigenvalue weighted by Crippen LogP contribution is -2.22. The lowest BCUT2D eigenvalue weighted by Gasteiger charge is -2.03. The number of H-pyrrole nitrogens is 2. The molecule has 0 radical (unpaired) electrons. The van der Waals surface area contributed by atoms with E-state index < -0.39 is 23.0 Å². The highest BCUT2D eigenvalue weighted by atomic mass is 19.4. The molecule has 0 fully saturated rings. The van der Waals surface area contributed by atoms with Gasteiger partial charge in [0.25, 0.3) is 5.56 Å². The van der Waals surface area contributed by atoms with Gasteiger partial charge < -0.3 is 4.98 Å². The molecule has 0 aromatic carbocycles. The number of nitrogens with one attached hydrogen (secondary N) is 2. The van der Waals surface area contributed by atoms with Gasteiger partial charge in [0.05, 0.1) is 29.2 Å². The number of aromatic nitrogens is 6. The molecule has 0 saturated carbocycles. The Morgan fingerprint density at radius 2 is 1.96 bits per heavy atom. The second-order valence-corrected chi connectivity index (χ2v) is 4.46. The average Bonchev–Trinajstić information content (AvgIpc) is 2.97. The third-order valence-electron chi connectivity index (χ3n) is 2.91. The largest absolute Gasteiger partial charge is 0.419 e. The van der Waals surface area contributed by atoms with Crippen molar-refractivity contribution >= 4 is 0 Å². The average molecular weight is 324 g/mol. The molecule has 3 aromatic heterocycles. The van der Waals surface area contributed by atoms with E-state index in [1.165, 1.54) is 12.3 Å². The summed E-state index contributed by atoms with van der Waals surface area (Å²) in [5.41, 5.74) is -2.04. The lowest BCUT2D eigenvalue weighted by molar-refractivity contribution is -0.137. The Morgan fingerprint density at radius 3 is 2.61 bits per heavy atom. The summed E-state index contributed by atoms with van der Waals surface area (Å²) in [5, 5.41) is 11.0. The second-order valence-electron chi connectivity index (χ2n) is 4.46. The van der Waals surface area contributed by atoms with Gasteiger partial charge >= 0.3 is 11.9 Å². The number of hydrogen-bond donors (Lipinski definition) is 2. The second kappa shape index (κ2) is 5.19. The number of alkyl halides is 3. The quantitative estimate of drug-likeness (QED) is 0.722. The van der Waals surface area contributed by atoms with Crippen LogP contribution in [0.15, 0.2) is 40.4 Å². The molecule has 2 N–H and O–H groups in total. The highest BCUT2D eigenvalue weighted by Crippen LogP contribution is 2.29. The van der Waals surface area contributed by atoms with Gasteiger partial charge in [-0.15, -0.1) is 0 Å². The van der Waals surface area contributed by atoms with Crippen LogP contribution in [0.2, 0.25) is 0 Å². The van der Waals surface area contributed by atoms with E-state index in [4.69, 9.17) is 0 Å². The van der Waals surface area contributed by atoms with Crippen LogP contribution in [0, 0.1) is 0 Å². The Labute approximate surface area is 124 Å². The highest BCUT2D eigenvalue weighted by molar-refractivity contribution is 5.58. The summed E-state index contributed by atoms with van der Waals surface area (Å²) in [6.45, 7) is 0. The van der Waals surface area contributed by atoms with Gasteiger partial charge in [-0.05, 0) is 6.07 Å². The van der Waals surface area contributed by atoms with Gasteiger partial charge in [0, 0.05) is 12.4 Å². The van der Waals surface area contributed by atoms with Crippen LogP contribution in [0.4, 0.5) is 13.2 Å². The molecular weight excluding hydrogens is 317 g/mol. The fourth-order valence-corrected chi connectivity index (χ4v) is 1.82. The maximum atomic E-state index is 12.6. The molecule has 3 aromatic rings. The first kappa shape index (κ1) is 14.7. The zero-order chi connectivity index (χ0) is 16.6. The van der Waals surface area contributed by atoms with Gasteiger partial charge in [-0.2, -0.15) is 28.5 Å². The number of hydrogen-bond acceptors (Lipinski definition) is 5. The Morgan fingerprint density at radius 1 is 1.17 bits per heavy atom. The molecule has 0 amide bonds. The summed E-state index contributed by atoms with van der Waals surface area (Å²) in [6, 6.07) is 1.32. The number of aromatic amines is 2. The van der Waals surface area contributed by atoms with Crippen LogP contribution < -0.4 is 11.2 Å². The Kier molecular flexibility index (Phi) is 3.32. The van der Waals surface area contributed by atoms with Crippen LogP contribution in [0.25, 0.3) is 16.9 Å². The molecule has 8 nitrogen and oxygen atoms in total. The number of halogens is 3. The van der Waals surface area contributed by atoms with Crippen molar-refractivity contribution in [3.05, 3.63) is 57.3 Å². The Hall–Kier alpha value is -3.24. The molecule has 0 bridgehead atoms. The smallest absolute Gasteiger partial charge is 0.313 e. The molecule has 3 heterocycles. The normalized spacial score (nSPS) is 11.6. The maximum Gasteiger partial charge on any atom is 0.419 e. The number of nitrogens with zero attached hydrogens (tertiary/aromatic N) is 4. The van der Waals surface area contributed by atoms with Crippen molar-refractivity contribution in [3.63, 3.8) is 0 Å². The van der Waals surface area contributed by atoms with Crippen molar-refractivity contribution in [3.8, 4) is 16.9 Å². The molecule has 0 aliphatic carbocycles. The van der Waals surface area contributed by atoms with Crippen molar-refractivity contribution in [2.45, 2.75) is 6.18 Å². The van der Waals surface area contributed by atoms with E-state index in [-0.39, 0.29) is 16.9 Å². The topological polar surface area (TPSA) is 109 Å². The minimum absolute atomic E-state index is 0.0159. The van der Waals surface area contributed by atoms with Gasteiger partial charge in [0.1, 0.15) is 5.69 Å². The molecule has 11 heteroatoms. The van der Waals surface area contributed by atoms with E-state index in [1.807, 2.05) is 4.98 Å². The molecule has 0 aliphatic rings. The predicted octanol–water partition coefficient (Wildman–Crippen LogP) is 0.725. The van der Waals surface area contributed by atoms with Crippen molar-refractivity contribution in [1.29, 1.82) is 0 Å². The highest BCUT2D eigenvalue weighted by Gasteiger charge is 2.32. The monoisotopic (exact) mass is 324 g/mol. The fourth-order valence-electron chi connectivity index (χ4n) is 1.82. The zero-order valence-corrected chi connectivity index (χ0v) is 11.1. The third-order valence-corrected chi connectivity index (χ3v) is 2.91. The summed E-state index contributed by atoms with van der Waals surface area (Å²) in [5.74, 6) is 0.